The number of fused-ring (bicyclic) bond motifs is 1. The van der Waals surface area contributed by atoms with E-state index in [1.807, 2.05) is 0 Å². The van der Waals surface area contributed by atoms with E-state index in [4.69, 9.17) is 14.2 Å². The molecule has 2 aromatic heterocycles. The number of nitrogens with one attached hydrogen (secondary N) is 3. The van der Waals surface area contributed by atoms with E-state index in [0.29, 0.717) is 57.2 Å². The van der Waals surface area contributed by atoms with Crippen LogP contribution in [0.4, 0.5) is 5.13 Å². The molecule has 1 aliphatic rings. The summed E-state index contributed by atoms with van der Waals surface area (Å²) in [6, 6.07) is 5.10. The minimum Gasteiger partial charge on any atom is -0.493 e. The molecule has 3 aromatic rings. The lowest BCUT2D eigenvalue weighted by atomic mass is 10.1. The fraction of sp³-hybridized carbons (Fsp3) is 0.300. The lowest BCUT2D eigenvalue weighted by molar-refractivity contribution is 0.0958. The Balaban J connectivity index is 1.56. The first-order valence-corrected chi connectivity index (χ1v) is 10.3. The van der Waals surface area contributed by atoms with Crippen LogP contribution in [0.5, 0.6) is 17.2 Å². The Morgan fingerprint density at radius 3 is 2.55 bits per heavy atom. The summed E-state index contributed by atoms with van der Waals surface area (Å²) < 4.78 is 16.1. The highest BCUT2D eigenvalue weighted by Crippen LogP contribution is 2.40. The van der Waals surface area contributed by atoms with Crippen LogP contribution in [0.2, 0.25) is 0 Å². The fourth-order valence-corrected chi connectivity index (χ4v) is 4.19. The van der Waals surface area contributed by atoms with Crippen LogP contribution >= 0.6 is 11.3 Å². The van der Waals surface area contributed by atoms with Crippen molar-refractivity contribution in [2.24, 2.45) is 0 Å². The Hall–Kier alpha value is -3.60. The molecule has 0 aliphatic carbocycles. The molecule has 0 bridgehead atoms. The first kappa shape index (κ1) is 20.7. The Bertz CT molecular complexity index is 1110. The molecule has 0 saturated carbocycles. The zero-order valence-electron chi connectivity index (χ0n) is 17.2. The number of aromatic amines is 1. The number of amides is 2. The van der Waals surface area contributed by atoms with Crippen molar-refractivity contribution in [3.05, 3.63) is 34.5 Å². The second kappa shape index (κ2) is 8.64. The smallest absolute Gasteiger partial charge is 0.275 e. The van der Waals surface area contributed by atoms with E-state index < -0.39 is 5.91 Å². The second-order valence-electron chi connectivity index (χ2n) is 6.69. The van der Waals surface area contributed by atoms with Gasteiger partial charge in [-0.2, -0.15) is 5.10 Å². The van der Waals surface area contributed by atoms with Gasteiger partial charge in [0, 0.05) is 12.1 Å². The summed E-state index contributed by atoms with van der Waals surface area (Å²) in [5.41, 5.74) is 2.16. The van der Waals surface area contributed by atoms with Gasteiger partial charge in [-0.25, -0.2) is 4.98 Å². The average Bonchev–Trinajstić information content (AvgIpc) is 3.39. The average molecular weight is 443 g/mol. The van der Waals surface area contributed by atoms with E-state index in [9.17, 15) is 9.59 Å². The normalized spacial score (nSPS) is 13.1. The monoisotopic (exact) mass is 443 g/mol. The topological polar surface area (TPSA) is 127 Å². The largest absolute Gasteiger partial charge is 0.493 e. The number of nitrogens with zero attached hydrogens (tertiary/aromatic N) is 2. The van der Waals surface area contributed by atoms with Crippen LogP contribution in [-0.4, -0.2) is 54.9 Å². The van der Waals surface area contributed by atoms with Crippen molar-refractivity contribution >= 4 is 28.3 Å². The lowest BCUT2D eigenvalue weighted by Crippen LogP contribution is -2.21. The van der Waals surface area contributed by atoms with E-state index in [1.165, 1.54) is 21.3 Å². The van der Waals surface area contributed by atoms with Gasteiger partial charge in [-0.15, -0.1) is 0 Å². The molecule has 0 saturated heterocycles. The number of thiazole rings is 1. The van der Waals surface area contributed by atoms with Crippen LogP contribution in [0.25, 0.3) is 11.3 Å². The molecule has 11 heteroatoms. The summed E-state index contributed by atoms with van der Waals surface area (Å²) in [4.78, 5) is 29.7. The Kier molecular flexibility index (Phi) is 5.76. The molecule has 162 valence electrons. The van der Waals surface area contributed by atoms with Crippen LogP contribution in [0.3, 0.4) is 0 Å². The van der Waals surface area contributed by atoms with Gasteiger partial charge in [-0.05, 0) is 31.0 Å². The first-order chi connectivity index (χ1) is 15.0. The van der Waals surface area contributed by atoms with Crippen molar-refractivity contribution in [3.8, 4) is 28.5 Å². The van der Waals surface area contributed by atoms with Crippen molar-refractivity contribution in [3.63, 3.8) is 0 Å². The molecule has 3 heterocycles. The van der Waals surface area contributed by atoms with Crippen molar-refractivity contribution in [1.29, 1.82) is 0 Å². The number of benzene rings is 1. The number of anilines is 1. The number of H-pyrrole nitrogens is 1. The number of methoxy groups -OCH3 is 3. The van der Waals surface area contributed by atoms with E-state index in [-0.39, 0.29) is 11.6 Å². The molecule has 0 radical (unpaired) electrons. The van der Waals surface area contributed by atoms with Crippen molar-refractivity contribution in [1.82, 2.24) is 20.5 Å². The third-order valence-corrected chi connectivity index (χ3v) is 5.79. The summed E-state index contributed by atoms with van der Waals surface area (Å²) in [7, 11) is 4.58. The molecule has 4 rings (SSSR count). The molecule has 3 N–H and O–H groups in total. The maximum absolute atomic E-state index is 12.7. The number of carbonyl (C=O) groups excluding carboxylic acids is 2. The molecule has 0 spiro atoms. The molecule has 0 fully saturated rings. The predicted octanol–water partition coefficient (Wildman–Crippen LogP) is 2.49. The third-order valence-electron chi connectivity index (χ3n) is 4.78. The van der Waals surface area contributed by atoms with Gasteiger partial charge in [0.05, 0.1) is 32.7 Å². The van der Waals surface area contributed by atoms with Crippen molar-refractivity contribution in [2.45, 2.75) is 12.8 Å². The minimum atomic E-state index is -0.407. The third kappa shape index (κ3) is 4.04. The maximum Gasteiger partial charge on any atom is 0.275 e. The number of aromatic nitrogens is 3. The van der Waals surface area contributed by atoms with Gasteiger partial charge in [0.1, 0.15) is 10.6 Å². The van der Waals surface area contributed by atoms with Crippen molar-refractivity contribution < 1.29 is 23.8 Å². The van der Waals surface area contributed by atoms with E-state index >= 15 is 0 Å². The minimum absolute atomic E-state index is 0.156. The number of carbonyl (C=O) groups is 2. The fourth-order valence-electron chi connectivity index (χ4n) is 3.27. The number of rotatable bonds is 6. The summed E-state index contributed by atoms with van der Waals surface area (Å²) in [6.45, 7) is 0.626. The Morgan fingerprint density at radius 2 is 1.87 bits per heavy atom. The summed E-state index contributed by atoms with van der Waals surface area (Å²) >= 11 is 1.16. The number of aryl methyl sites for hydroxylation is 1. The van der Waals surface area contributed by atoms with Gasteiger partial charge >= 0.3 is 0 Å². The molecule has 2 amide bonds. The molecular formula is C20H21N5O5S. The summed E-state index contributed by atoms with van der Waals surface area (Å²) in [5.74, 6) is 0.865. The molecule has 31 heavy (non-hydrogen) atoms. The zero-order chi connectivity index (χ0) is 22.0. The standard InChI is InChI=1S/C20H21N5O5S/c1-28-14-7-10(8-15(29-2)16(14)30-3)12-9-13(25-24-12)18(26)23-20-22-11-5-4-6-21-19(27)17(11)31-20/h7-9H,4-6H2,1-3H3,(H,21,27)(H,24,25)(H,22,23,26). The lowest BCUT2D eigenvalue weighted by Gasteiger charge is -2.13. The van der Waals surface area contributed by atoms with Crippen LogP contribution < -0.4 is 24.8 Å². The van der Waals surface area contributed by atoms with Crippen LogP contribution in [-0.2, 0) is 6.42 Å². The van der Waals surface area contributed by atoms with Gasteiger partial charge in [-0.1, -0.05) is 11.3 Å². The first-order valence-electron chi connectivity index (χ1n) is 9.49. The number of hydrogen-bond acceptors (Lipinski definition) is 8. The highest BCUT2D eigenvalue weighted by Gasteiger charge is 2.22. The highest BCUT2D eigenvalue weighted by atomic mass is 32.1. The molecule has 10 nitrogen and oxygen atoms in total. The molecule has 1 aromatic carbocycles. The predicted molar refractivity (Wildman–Crippen MR) is 114 cm³/mol. The summed E-state index contributed by atoms with van der Waals surface area (Å²) in [5, 5.41) is 12.9. The molecule has 0 atom stereocenters. The van der Waals surface area contributed by atoms with E-state index in [1.54, 1.807) is 18.2 Å². The Morgan fingerprint density at radius 1 is 1.13 bits per heavy atom. The second-order valence-corrected chi connectivity index (χ2v) is 7.69. The molecule has 0 unspecified atom stereocenters. The van der Waals surface area contributed by atoms with Gasteiger partial charge in [0.25, 0.3) is 11.8 Å². The van der Waals surface area contributed by atoms with Gasteiger partial charge in [-0.3, -0.25) is 20.0 Å². The molecular weight excluding hydrogens is 422 g/mol. The number of hydrogen-bond donors (Lipinski definition) is 3. The van der Waals surface area contributed by atoms with Gasteiger partial charge in [0.2, 0.25) is 5.75 Å². The zero-order valence-corrected chi connectivity index (χ0v) is 18.0. The number of ether oxygens (including phenoxy) is 3. The van der Waals surface area contributed by atoms with Crippen molar-refractivity contribution in [2.75, 3.05) is 33.2 Å². The highest BCUT2D eigenvalue weighted by molar-refractivity contribution is 7.17. The van der Waals surface area contributed by atoms with E-state index in [2.05, 4.69) is 25.8 Å². The quantitative estimate of drug-likeness (QED) is 0.534. The maximum atomic E-state index is 12.7. The van der Waals surface area contributed by atoms with E-state index in [0.717, 1.165) is 17.8 Å². The van der Waals surface area contributed by atoms with Gasteiger partial charge in [0.15, 0.2) is 16.6 Å². The van der Waals surface area contributed by atoms with Crippen LogP contribution in [0, 0.1) is 0 Å². The Labute approximate surface area is 181 Å². The molecule has 1 aliphatic heterocycles. The van der Waals surface area contributed by atoms with Crippen LogP contribution in [0.1, 0.15) is 32.3 Å². The van der Waals surface area contributed by atoms with Gasteiger partial charge < -0.3 is 19.5 Å². The van der Waals surface area contributed by atoms with Crippen LogP contribution in [0.15, 0.2) is 18.2 Å². The summed E-state index contributed by atoms with van der Waals surface area (Å²) in [6.07, 6.45) is 1.50. The SMILES string of the molecule is COc1cc(-c2cc(C(=O)Nc3nc4c(s3)C(=O)NCCC4)[nH]n2)cc(OC)c1OC.